The summed E-state index contributed by atoms with van der Waals surface area (Å²) in [5.41, 5.74) is 0.169. The molecule has 1 aromatic rings. The lowest BCUT2D eigenvalue weighted by atomic mass is 10.2. The van der Waals surface area contributed by atoms with E-state index < -0.39 is 18.2 Å². The second-order valence-corrected chi connectivity index (χ2v) is 3.78. The van der Waals surface area contributed by atoms with Crippen molar-refractivity contribution in [1.82, 2.24) is 4.98 Å². The third kappa shape index (κ3) is 4.60. The Morgan fingerprint density at radius 3 is 2.55 bits per heavy atom. The topological polar surface area (TPSA) is 57.7 Å². The first-order chi connectivity index (χ1) is 9.26. The highest BCUT2D eigenvalue weighted by atomic mass is 19.4. The molecular weight excluding hydrogens is 279 g/mol. The number of halogens is 3. The zero-order valence-corrected chi connectivity index (χ0v) is 11.2. The second kappa shape index (κ2) is 6.44. The fourth-order valence-electron chi connectivity index (χ4n) is 1.48. The van der Waals surface area contributed by atoms with Crippen LogP contribution in [0, 0.1) is 6.92 Å². The number of hydrogen-bond donors (Lipinski definition) is 0. The van der Waals surface area contributed by atoms with Gasteiger partial charge < -0.3 is 14.2 Å². The van der Waals surface area contributed by atoms with E-state index in [2.05, 4.69) is 9.72 Å². The Hall–Kier alpha value is -1.99. The molecule has 5 nitrogen and oxygen atoms in total. The van der Waals surface area contributed by atoms with E-state index >= 15 is 0 Å². The highest BCUT2D eigenvalue weighted by molar-refractivity contribution is 5.72. The van der Waals surface area contributed by atoms with Crippen molar-refractivity contribution in [3.05, 3.63) is 17.3 Å². The molecule has 0 spiro atoms. The van der Waals surface area contributed by atoms with E-state index in [1.807, 2.05) is 0 Å². The van der Waals surface area contributed by atoms with Crippen LogP contribution in [-0.2, 0) is 16.0 Å². The molecule has 1 heterocycles. The lowest BCUT2D eigenvalue weighted by Gasteiger charge is -2.14. The summed E-state index contributed by atoms with van der Waals surface area (Å²) in [5, 5.41) is 0. The van der Waals surface area contributed by atoms with E-state index in [0.29, 0.717) is 0 Å². The predicted octanol–water partition coefficient (Wildman–Crippen LogP) is 2.40. The Kier molecular flexibility index (Phi) is 5.18. The van der Waals surface area contributed by atoms with Crippen molar-refractivity contribution in [3.63, 3.8) is 0 Å². The van der Waals surface area contributed by atoms with Gasteiger partial charge in [0.15, 0.2) is 0 Å². The predicted molar refractivity (Wildman–Crippen MR) is 62.5 cm³/mol. The third-order valence-electron chi connectivity index (χ3n) is 2.30. The first kappa shape index (κ1) is 16.1. The van der Waals surface area contributed by atoms with Gasteiger partial charge >= 0.3 is 12.3 Å². The van der Waals surface area contributed by atoms with E-state index in [1.165, 1.54) is 20.1 Å². The maximum absolute atomic E-state index is 12.3. The summed E-state index contributed by atoms with van der Waals surface area (Å²) in [6.07, 6.45) is -5.13. The highest BCUT2D eigenvalue weighted by Gasteiger charge is 2.33. The van der Waals surface area contributed by atoms with E-state index in [-0.39, 0.29) is 30.0 Å². The van der Waals surface area contributed by atoms with Crippen LogP contribution in [0.3, 0.4) is 0 Å². The van der Waals surface area contributed by atoms with E-state index in [1.54, 1.807) is 6.92 Å². The lowest BCUT2D eigenvalue weighted by molar-refractivity contribution is -0.276. The Bertz CT molecular complexity index is 488. The fourth-order valence-corrected chi connectivity index (χ4v) is 1.48. The Balaban J connectivity index is 3.08. The number of rotatable bonds is 5. The molecule has 0 unspecified atom stereocenters. The van der Waals surface area contributed by atoms with Gasteiger partial charge in [-0.1, -0.05) is 0 Å². The van der Waals surface area contributed by atoms with Crippen molar-refractivity contribution in [3.8, 4) is 11.6 Å². The van der Waals surface area contributed by atoms with Crippen molar-refractivity contribution in [2.75, 3.05) is 13.7 Å². The van der Waals surface area contributed by atoms with Gasteiger partial charge in [0.05, 0.1) is 31.4 Å². The summed E-state index contributed by atoms with van der Waals surface area (Å²) < 4.78 is 50.3. The van der Waals surface area contributed by atoms with Crippen molar-refractivity contribution >= 4 is 5.97 Å². The normalized spacial score (nSPS) is 11.1. The minimum Gasteiger partial charge on any atom is -0.496 e. The molecule has 0 aromatic carbocycles. The minimum absolute atomic E-state index is 0.0742. The van der Waals surface area contributed by atoms with Crippen molar-refractivity contribution < 1.29 is 32.2 Å². The number of pyridine rings is 1. The molecule has 1 rings (SSSR count). The molecule has 0 fully saturated rings. The number of hydrogen-bond acceptors (Lipinski definition) is 5. The number of carbonyl (C=O) groups is 1. The van der Waals surface area contributed by atoms with Gasteiger partial charge in [-0.2, -0.15) is 0 Å². The van der Waals surface area contributed by atoms with Gasteiger partial charge in [-0.05, 0) is 13.8 Å². The number of methoxy groups -OCH3 is 1. The van der Waals surface area contributed by atoms with Crippen LogP contribution in [0.5, 0.6) is 11.6 Å². The van der Waals surface area contributed by atoms with E-state index in [9.17, 15) is 18.0 Å². The lowest BCUT2D eigenvalue weighted by Crippen LogP contribution is -2.19. The summed E-state index contributed by atoms with van der Waals surface area (Å²) in [7, 11) is 1.30. The van der Waals surface area contributed by atoms with Crippen LogP contribution >= 0.6 is 0 Å². The minimum atomic E-state index is -4.87. The molecule has 112 valence electrons. The number of ether oxygens (including phenoxy) is 3. The molecule has 0 N–H and O–H groups in total. The second-order valence-electron chi connectivity index (χ2n) is 3.78. The molecule has 0 amide bonds. The SMILES string of the molecule is CCOC(=O)Cc1cc(OC)c(C)c(OC(F)(F)F)n1. The molecule has 0 aliphatic rings. The van der Waals surface area contributed by atoms with Gasteiger partial charge in [-0.15, -0.1) is 13.2 Å². The van der Waals surface area contributed by atoms with Crippen molar-refractivity contribution in [2.45, 2.75) is 26.6 Å². The smallest absolute Gasteiger partial charge is 0.496 e. The summed E-state index contributed by atoms with van der Waals surface area (Å²) in [5.74, 6) is -1.08. The maximum Gasteiger partial charge on any atom is 0.574 e. The Labute approximate surface area is 113 Å². The van der Waals surface area contributed by atoms with Gasteiger partial charge in [-0.25, -0.2) is 4.98 Å². The van der Waals surface area contributed by atoms with Gasteiger partial charge in [0.2, 0.25) is 5.88 Å². The molecule has 0 saturated heterocycles. The van der Waals surface area contributed by atoms with Crippen LogP contribution < -0.4 is 9.47 Å². The molecule has 0 aliphatic heterocycles. The highest BCUT2D eigenvalue weighted by Crippen LogP contribution is 2.30. The van der Waals surface area contributed by atoms with Gasteiger partial charge in [0.25, 0.3) is 0 Å². The summed E-state index contributed by atoms with van der Waals surface area (Å²) in [6, 6.07) is 1.37. The molecule has 0 atom stereocenters. The largest absolute Gasteiger partial charge is 0.574 e. The zero-order valence-electron chi connectivity index (χ0n) is 11.2. The van der Waals surface area contributed by atoms with Gasteiger partial charge in [0.1, 0.15) is 5.75 Å². The standard InChI is InChI=1S/C12H14F3NO4/c1-4-19-10(17)6-8-5-9(18-3)7(2)11(16-8)20-12(13,14)15/h5H,4,6H2,1-3H3. The third-order valence-corrected chi connectivity index (χ3v) is 2.30. The fraction of sp³-hybridized carbons (Fsp3) is 0.500. The van der Waals surface area contributed by atoms with E-state index in [0.717, 1.165) is 0 Å². The number of aromatic nitrogens is 1. The molecule has 0 bridgehead atoms. The first-order valence-corrected chi connectivity index (χ1v) is 5.72. The van der Waals surface area contributed by atoms with Gasteiger partial charge in [0, 0.05) is 6.07 Å². The quantitative estimate of drug-likeness (QED) is 0.780. The van der Waals surface area contributed by atoms with Crippen LogP contribution in [0.25, 0.3) is 0 Å². The molecule has 0 radical (unpaired) electrons. The zero-order chi connectivity index (χ0) is 15.3. The number of alkyl halides is 3. The molecule has 1 aromatic heterocycles. The molecule has 0 aliphatic carbocycles. The molecule has 8 heteroatoms. The summed E-state index contributed by atoms with van der Waals surface area (Å²) in [4.78, 5) is 15.0. The van der Waals surface area contributed by atoms with Crippen molar-refractivity contribution in [2.24, 2.45) is 0 Å². The molecular formula is C12H14F3NO4. The average molecular weight is 293 g/mol. The molecule has 20 heavy (non-hydrogen) atoms. The maximum atomic E-state index is 12.3. The van der Waals surface area contributed by atoms with E-state index in [4.69, 9.17) is 9.47 Å². The van der Waals surface area contributed by atoms with Crippen molar-refractivity contribution in [1.29, 1.82) is 0 Å². The Morgan fingerprint density at radius 1 is 1.40 bits per heavy atom. The van der Waals surface area contributed by atoms with Gasteiger partial charge in [-0.3, -0.25) is 4.79 Å². The van der Waals surface area contributed by atoms with Crippen LogP contribution in [0.4, 0.5) is 13.2 Å². The van der Waals surface area contributed by atoms with Crippen LogP contribution in [-0.4, -0.2) is 31.0 Å². The number of carbonyl (C=O) groups excluding carboxylic acids is 1. The number of esters is 1. The molecule has 0 saturated carbocycles. The van der Waals surface area contributed by atoms with Crippen LogP contribution in [0.1, 0.15) is 18.2 Å². The number of nitrogens with zero attached hydrogens (tertiary/aromatic N) is 1. The summed E-state index contributed by atoms with van der Waals surface area (Å²) >= 11 is 0. The average Bonchev–Trinajstić information content (AvgIpc) is 2.31. The monoisotopic (exact) mass is 293 g/mol. The Morgan fingerprint density at radius 2 is 2.05 bits per heavy atom. The summed E-state index contributed by atoms with van der Waals surface area (Å²) in [6.45, 7) is 3.17. The van der Waals surface area contributed by atoms with Crippen LogP contribution in [0.2, 0.25) is 0 Å². The first-order valence-electron chi connectivity index (χ1n) is 5.72. The van der Waals surface area contributed by atoms with Crippen LogP contribution in [0.15, 0.2) is 6.07 Å².